The third-order valence-corrected chi connectivity index (χ3v) is 4.64. The Kier molecular flexibility index (Phi) is 4.48. The molecule has 0 bridgehead atoms. The maximum absolute atomic E-state index is 11.5. The molecule has 0 aromatic carbocycles. The van der Waals surface area contributed by atoms with Gasteiger partial charge in [0.05, 0.1) is 18.6 Å². The van der Waals surface area contributed by atoms with Crippen molar-refractivity contribution in [3.63, 3.8) is 0 Å². The Bertz CT molecular complexity index is 332. The topological polar surface area (TPSA) is 65.0 Å². The first-order chi connectivity index (χ1) is 8.95. The van der Waals surface area contributed by atoms with Gasteiger partial charge in [-0.1, -0.05) is 13.8 Å². The van der Waals surface area contributed by atoms with Crippen LogP contribution in [0, 0.1) is 23.7 Å². The van der Waals surface area contributed by atoms with E-state index in [0.29, 0.717) is 6.61 Å². The first-order valence-electron chi connectivity index (χ1n) is 7.04. The summed E-state index contributed by atoms with van der Waals surface area (Å²) in [6.45, 7) is 8.31. The molecular formula is C14H24O5. The van der Waals surface area contributed by atoms with E-state index in [-0.39, 0.29) is 54.7 Å². The minimum Gasteiger partial charge on any atom is -0.462 e. The number of ether oxygens (including phenoxy) is 3. The number of hydrogen-bond donors (Lipinski definition) is 1. The summed E-state index contributed by atoms with van der Waals surface area (Å²) in [4.78, 5) is 11.5. The van der Waals surface area contributed by atoms with E-state index in [1.54, 1.807) is 0 Å². The summed E-state index contributed by atoms with van der Waals surface area (Å²) in [5.41, 5.74) is 0. The van der Waals surface area contributed by atoms with Gasteiger partial charge in [0.15, 0.2) is 6.29 Å². The summed E-state index contributed by atoms with van der Waals surface area (Å²) in [5.74, 6) is 0.0672. The molecule has 2 saturated heterocycles. The van der Waals surface area contributed by atoms with Crippen molar-refractivity contribution >= 4 is 5.97 Å². The van der Waals surface area contributed by atoms with E-state index in [1.165, 1.54) is 0 Å². The number of hydrogen-bond acceptors (Lipinski definition) is 5. The lowest BCUT2D eigenvalue weighted by atomic mass is 9.92. The van der Waals surface area contributed by atoms with Crippen molar-refractivity contribution in [1.29, 1.82) is 0 Å². The minimum absolute atomic E-state index is 0.00121. The van der Waals surface area contributed by atoms with Gasteiger partial charge in [0.1, 0.15) is 6.10 Å². The number of aliphatic hydroxyl groups is 1. The molecule has 19 heavy (non-hydrogen) atoms. The van der Waals surface area contributed by atoms with E-state index in [2.05, 4.69) is 0 Å². The van der Waals surface area contributed by atoms with E-state index >= 15 is 0 Å². The highest BCUT2D eigenvalue weighted by Crippen LogP contribution is 2.34. The van der Waals surface area contributed by atoms with E-state index in [4.69, 9.17) is 14.2 Å². The van der Waals surface area contributed by atoms with E-state index < -0.39 is 0 Å². The predicted molar refractivity (Wildman–Crippen MR) is 68.2 cm³/mol. The number of rotatable bonds is 4. The Balaban J connectivity index is 1.88. The summed E-state index contributed by atoms with van der Waals surface area (Å²) in [6.07, 6.45) is -0.408. The predicted octanol–water partition coefficient (Wildman–Crippen LogP) is 1.19. The second-order valence-electron chi connectivity index (χ2n) is 5.84. The smallest absolute Gasteiger partial charge is 0.309 e. The number of cyclic esters (lactones) is 1. The molecule has 0 saturated carbocycles. The normalized spacial score (nSPS) is 46.6. The lowest BCUT2D eigenvalue weighted by molar-refractivity contribution is -0.155. The molecule has 2 aliphatic rings. The third-order valence-electron chi connectivity index (χ3n) is 4.64. The molecule has 5 heteroatoms. The van der Waals surface area contributed by atoms with Crippen molar-refractivity contribution < 1.29 is 24.1 Å². The molecule has 1 N–H and O–H groups in total. The van der Waals surface area contributed by atoms with E-state index in [9.17, 15) is 9.90 Å². The van der Waals surface area contributed by atoms with Crippen LogP contribution in [0.25, 0.3) is 0 Å². The average molecular weight is 272 g/mol. The van der Waals surface area contributed by atoms with Crippen LogP contribution in [0.5, 0.6) is 0 Å². The maximum atomic E-state index is 11.5. The van der Waals surface area contributed by atoms with Crippen LogP contribution in [0.1, 0.15) is 27.7 Å². The van der Waals surface area contributed by atoms with Gasteiger partial charge in [-0.3, -0.25) is 4.79 Å². The zero-order chi connectivity index (χ0) is 14.2. The SMILES string of the molecule is C[C@@H]1[C@@H](OC[C@H]2[C@H](C)C(=O)O[C@@H]2C)O[C@H](C)[C@H]1CO. The van der Waals surface area contributed by atoms with Crippen LogP contribution in [0.2, 0.25) is 0 Å². The zero-order valence-electron chi connectivity index (χ0n) is 12.0. The van der Waals surface area contributed by atoms with Crippen LogP contribution in [0.4, 0.5) is 0 Å². The van der Waals surface area contributed by atoms with Crippen molar-refractivity contribution in [3.05, 3.63) is 0 Å². The van der Waals surface area contributed by atoms with E-state index in [1.807, 2.05) is 27.7 Å². The van der Waals surface area contributed by atoms with Gasteiger partial charge in [-0.25, -0.2) is 0 Å². The molecule has 2 rings (SSSR count). The van der Waals surface area contributed by atoms with Gasteiger partial charge in [0.25, 0.3) is 0 Å². The molecular weight excluding hydrogens is 248 g/mol. The summed E-state index contributed by atoms with van der Waals surface area (Å²) >= 11 is 0. The molecule has 7 atom stereocenters. The number of carbonyl (C=O) groups excluding carboxylic acids is 1. The second-order valence-corrected chi connectivity index (χ2v) is 5.84. The molecule has 0 aliphatic carbocycles. The highest BCUT2D eigenvalue weighted by atomic mass is 16.7. The summed E-state index contributed by atoms with van der Waals surface area (Å²) in [5, 5.41) is 9.32. The second kappa shape index (κ2) is 5.77. The fourth-order valence-corrected chi connectivity index (χ4v) is 3.02. The molecule has 0 radical (unpaired) electrons. The van der Waals surface area contributed by atoms with Gasteiger partial charge in [-0.05, 0) is 13.8 Å². The van der Waals surface area contributed by atoms with Gasteiger partial charge in [-0.15, -0.1) is 0 Å². The average Bonchev–Trinajstić information content (AvgIpc) is 2.76. The Morgan fingerprint density at radius 2 is 1.84 bits per heavy atom. The molecule has 110 valence electrons. The molecule has 0 aromatic rings. The molecule has 0 aromatic heterocycles. The minimum atomic E-state index is -0.303. The zero-order valence-corrected chi connectivity index (χ0v) is 12.0. The van der Waals surface area contributed by atoms with Crippen LogP contribution in [0.3, 0.4) is 0 Å². The molecule has 2 fully saturated rings. The highest BCUT2D eigenvalue weighted by molar-refractivity contribution is 5.74. The summed E-state index contributed by atoms with van der Waals surface area (Å²) < 4.78 is 16.7. The standard InChI is InChI=1S/C14H24O5/c1-7-12(10(4)18-13(7)16)6-17-14-8(2)11(5-15)9(3)19-14/h7-12,14-15H,5-6H2,1-4H3/t7-,8-,9+,10+,11-,12-,14-/m0/s1. The van der Waals surface area contributed by atoms with Gasteiger partial charge in [0, 0.05) is 24.4 Å². The van der Waals surface area contributed by atoms with Crippen LogP contribution >= 0.6 is 0 Å². The first-order valence-corrected chi connectivity index (χ1v) is 7.04. The van der Waals surface area contributed by atoms with Gasteiger partial charge < -0.3 is 19.3 Å². The quantitative estimate of drug-likeness (QED) is 0.779. The van der Waals surface area contributed by atoms with Crippen molar-refractivity contribution in [1.82, 2.24) is 0 Å². The number of aliphatic hydroxyl groups excluding tert-OH is 1. The molecule has 0 amide bonds. The molecule has 5 nitrogen and oxygen atoms in total. The molecule has 0 unspecified atom stereocenters. The van der Waals surface area contributed by atoms with Crippen molar-refractivity contribution in [2.24, 2.45) is 23.7 Å². The monoisotopic (exact) mass is 272 g/mol. The van der Waals surface area contributed by atoms with Crippen LogP contribution in [-0.4, -0.2) is 42.8 Å². The lowest BCUT2D eigenvalue weighted by Gasteiger charge is -2.22. The fourth-order valence-electron chi connectivity index (χ4n) is 3.02. The molecule has 2 heterocycles. The first kappa shape index (κ1) is 14.8. The maximum Gasteiger partial charge on any atom is 0.309 e. The highest BCUT2D eigenvalue weighted by Gasteiger charge is 2.43. The van der Waals surface area contributed by atoms with Crippen molar-refractivity contribution in [2.45, 2.75) is 46.2 Å². The fraction of sp³-hybridized carbons (Fsp3) is 0.929. The Hall–Kier alpha value is -0.650. The number of carbonyl (C=O) groups is 1. The van der Waals surface area contributed by atoms with Crippen LogP contribution < -0.4 is 0 Å². The van der Waals surface area contributed by atoms with Crippen LogP contribution in [-0.2, 0) is 19.0 Å². The molecule has 2 aliphatic heterocycles. The third kappa shape index (κ3) is 2.78. The lowest BCUT2D eigenvalue weighted by Crippen LogP contribution is -2.29. The number of esters is 1. The van der Waals surface area contributed by atoms with Gasteiger partial charge in [0.2, 0.25) is 0 Å². The molecule has 0 spiro atoms. The van der Waals surface area contributed by atoms with Crippen molar-refractivity contribution in [2.75, 3.05) is 13.2 Å². The Labute approximate surface area is 114 Å². The van der Waals surface area contributed by atoms with Crippen LogP contribution in [0.15, 0.2) is 0 Å². The summed E-state index contributed by atoms with van der Waals surface area (Å²) in [6, 6.07) is 0. The van der Waals surface area contributed by atoms with Crippen molar-refractivity contribution in [3.8, 4) is 0 Å². The summed E-state index contributed by atoms with van der Waals surface area (Å²) in [7, 11) is 0. The van der Waals surface area contributed by atoms with Gasteiger partial charge >= 0.3 is 5.97 Å². The Morgan fingerprint density at radius 3 is 2.32 bits per heavy atom. The largest absolute Gasteiger partial charge is 0.462 e. The van der Waals surface area contributed by atoms with E-state index in [0.717, 1.165) is 0 Å². The Morgan fingerprint density at radius 1 is 1.16 bits per heavy atom. The van der Waals surface area contributed by atoms with Gasteiger partial charge in [-0.2, -0.15) is 0 Å².